The second-order valence-corrected chi connectivity index (χ2v) is 4.26. The number of aryl methyl sites for hydroxylation is 2. The molecule has 0 spiro atoms. The molecule has 4 nitrogen and oxygen atoms in total. The number of ether oxygens (including phenoxy) is 1. The summed E-state index contributed by atoms with van der Waals surface area (Å²) in [6, 6.07) is 7.10. The topological polar surface area (TPSA) is 55.2 Å². The second-order valence-electron chi connectivity index (χ2n) is 3.90. The van der Waals surface area contributed by atoms with Crippen LogP contribution in [0.4, 0.5) is 0 Å². The zero-order valence-corrected chi connectivity index (χ0v) is 10.9. The van der Waals surface area contributed by atoms with Gasteiger partial charge in [0.1, 0.15) is 5.75 Å². The Labute approximate surface area is 110 Å². The van der Waals surface area contributed by atoms with Gasteiger partial charge in [-0.1, -0.05) is 23.7 Å². The van der Waals surface area contributed by atoms with Crippen molar-refractivity contribution in [1.29, 1.82) is 0 Å². The van der Waals surface area contributed by atoms with Crippen molar-refractivity contribution in [3.05, 3.63) is 46.4 Å². The van der Waals surface area contributed by atoms with Crippen LogP contribution < -0.4 is 4.74 Å². The number of benzene rings is 1. The van der Waals surface area contributed by atoms with E-state index in [2.05, 4.69) is 9.97 Å². The molecular formula is C13H13ClN2O2. The molecule has 0 saturated carbocycles. The number of rotatable bonds is 3. The molecule has 2 rings (SSSR count). The van der Waals surface area contributed by atoms with Crippen LogP contribution in [-0.4, -0.2) is 15.1 Å². The largest absolute Gasteiger partial charge is 0.436 e. The molecule has 1 aromatic heterocycles. The molecule has 0 unspecified atom stereocenters. The quantitative estimate of drug-likeness (QED) is 0.926. The van der Waals surface area contributed by atoms with Gasteiger partial charge in [-0.3, -0.25) is 0 Å². The van der Waals surface area contributed by atoms with Crippen molar-refractivity contribution in [1.82, 2.24) is 9.97 Å². The fraction of sp³-hybridized carbons (Fsp3) is 0.231. The van der Waals surface area contributed by atoms with Gasteiger partial charge in [-0.25, -0.2) is 9.97 Å². The first kappa shape index (κ1) is 12.8. The summed E-state index contributed by atoms with van der Waals surface area (Å²) in [4.78, 5) is 8.38. The molecule has 0 bridgehead atoms. The van der Waals surface area contributed by atoms with Gasteiger partial charge in [0.25, 0.3) is 5.88 Å². The summed E-state index contributed by atoms with van der Waals surface area (Å²) in [5.41, 5.74) is 2.31. The molecule has 1 aromatic carbocycles. The summed E-state index contributed by atoms with van der Waals surface area (Å²) in [7, 11) is 0. The van der Waals surface area contributed by atoms with Crippen LogP contribution in [0.5, 0.6) is 11.6 Å². The van der Waals surface area contributed by atoms with Crippen LogP contribution in [0, 0.1) is 13.8 Å². The van der Waals surface area contributed by atoms with Crippen molar-refractivity contribution in [3.63, 3.8) is 0 Å². The van der Waals surface area contributed by atoms with Crippen LogP contribution in [0.15, 0.2) is 24.3 Å². The van der Waals surface area contributed by atoms with E-state index in [9.17, 15) is 0 Å². The second kappa shape index (κ2) is 5.33. The Morgan fingerprint density at radius 2 is 1.94 bits per heavy atom. The lowest BCUT2D eigenvalue weighted by Gasteiger charge is -2.08. The van der Waals surface area contributed by atoms with E-state index in [0.717, 1.165) is 17.0 Å². The third-order valence-electron chi connectivity index (χ3n) is 2.53. The van der Waals surface area contributed by atoms with Crippen molar-refractivity contribution in [2.45, 2.75) is 20.5 Å². The van der Waals surface area contributed by atoms with Crippen molar-refractivity contribution in [2.24, 2.45) is 0 Å². The highest BCUT2D eigenvalue weighted by atomic mass is 35.5. The third-order valence-corrected chi connectivity index (χ3v) is 2.78. The summed E-state index contributed by atoms with van der Waals surface area (Å²) in [5.74, 6) is 0.843. The normalized spacial score (nSPS) is 10.4. The number of aliphatic hydroxyl groups excluding tert-OH is 1. The van der Waals surface area contributed by atoms with Crippen molar-refractivity contribution in [3.8, 4) is 11.6 Å². The first-order chi connectivity index (χ1) is 8.60. The Morgan fingerprint density at radius 1 is 1.22 bits per heavy atom. The van der Waals surface area contributed by atoms with Crippen LogP contribution in [0.2, 0.25) is 5.15 Å². The minimum Gasteiger partial charge on any atom is -0.436 e. The van der Waals surface area contributed by atoms with E-state index >= 15 is 0 Å². The number of aromatic nitrogens is 2. The van der Waals surface area contributed by atoms with Crippen LogP contribution >= 0.6 is 11.6 Å². The van der Waals surface area contributed by atoms with Gasteiger partial charge in [0.05, 0.1) is 18.0 Å². The molecule has 18 heavy (non-hydrogen) atoms. The molecular weight excluding hydrogens is 252 g/mol. The molecule has 1 N–H and O–H groups in total. The smallest absolute Gasteiger partial charge is 0.257 e. The molecule has 1 heterocycles. The standard InChI is InChI=1S/C13H13ClN2O2/c1-8-9(2)16-13(12(14)15-8)18-11-5-3-4-10(6-11)7-17/h3-6,17H,7H2,1-2H3. The Bertz CT molecular complexity index is 573. The van der Waals surface area contributed by atoms with Crippen LogP contribution in [0.3, 0.4) is 0 Å². The minimum atomic E-state index is -0.0382. The average Bonchev–Trinajstić information content (AvgIpc) is 2.36. The van der Waals surface area contributed by atoms with Crippen molar-refractivity contribution >= 4 is 11.6 Å². The lowest BCUT2D eigenvalue weighted by molar-refractivity contribution is 0.281. The summed E-state index contributed by atoms with van der Waals surface area (Å²) in [6.07, 6.45) is 0. The van der Waals surface area contributed by atoms with Gasteiger partial charge in [-0.2, -0.15) is 0 Å². The van der Waals surface area contributed by atoms with Gasteiger partial charge in [0.15, 0.2) is 5.15 Å². The summed E-state index contributed by atoms with van der Waals surface area (Å²) in [6.45, 7) is 3.64. The van der Waals surface area contributed by atoms with Crippen LogP contribution in [0.25, 0.3) is 0 Å². The summed E-state index contributed by atoms with van der Waals surface area (Å²) < 4.78 is 5.57. The van der Waals surface area contributed by atoms with Gasteiger partial charge in [-0.15, -0.1) is 0 Å². The Balaban J connectivity index is 2.30. The SMILES string of the molecule is Cc1nc(Cl)c(Oc2cccc(CO)c2)nc1C. The Hall–Kier alpha value is -1.65. The van der Waals surface area contributed by atoms with E-state index in [4.69, 9.17) is 21.4 Å². The molecule has 2 aromatic rings. The minimum absolute atomic E-state index is 0.0382. The number of hydrogen-bond donors (Lipinski definition) is 1. The number of aliphatic hydroxyl groups is 1. The maximum absolute atomic E-state index is 9.05. The number of halogens is 1. The summed E-state index contributed by atoms with van der Waals surface area (Å²) >= 11 is 5.98. The van der Waals surface area contributed by atoms with Crippen LogP contribution in [0.1, 0.15) is 17.0 Å². The molecule has 0 aliphatic rings. The predicted molar refractivity (Wildman–Crippen MR) is 69.0 cm³/mol. The molecule has 0 aliphatic carbocycles. The molecule has 0 aliphatic heterocycles. The molecule has 5 heteroatoms. The molecule has 0 radical (unpaired) electrons. The van der Waals surface area contributed by atoms with E-state index in [0.29, 0.717) is 5.75 Å². The van der Waals surface area contributed by atoms with Crippen LogP contribution in [-0.2, 0) is 6.61 Å². The fourth-order valence-corrected chi connectivity index (χ4v) is 1.65. The highest BCUT2D eigenvalue weighted by molar-refractivity contribution is 6.30. The third kappa shape index (κ3) is 2.78. The van der Waals surface area contributed by atoms with Gasteiger partial charge >= 0.3 is 0 Å². The maximum Gasteiger partial charge on any atom is 0.257 e. The van der Waals surface area contributed by atoms with Gasteiger partial charge in [-0.05, 0) is 31.5 Å². The van der Waals surface area contributed by atoms with Gasteiger partial charge < -0.3 is 9.84 Å². The van der Waals surface area contributed by atoms with Gasteiger partial charge in [0, 0.05) is 0 Å². The first-order valence-electron chi connectivity index (χ1n) is 5.48. The van der Waals surface area contributed by atoms with Gasteiger partial charge in [0.2, 0.25) is 0 Å². The lowest BCUT2D eigenvalue weighted by Crippen LogP contribution is -1.97. The monoisotopic (exact) mass is 264 g/mol. The predicted octanol–water partition coefficient (Wildman–Crippen LogP) is 3.03. The van der Waals surface area contributed by atoms with E-state index in [1.54, 1.807) is 24.3 Å². The van der Waals surface area contributed by atoms with E-state index in [-0.39, 0.29) is 17.6 Å². The molecule has 0 fully saturated rings. The zero-order valence-electron chi connectivity index (χ0n) is 10.1. The Morgan fingerprint density at radius 3 is 2.67 bits per heavy atom. The zero-order chi connectivity index (χ0) is 13.1. The van der Waals surface area contributed by atoms with Crippen molar-refractivity contribution in [2.75, 3.05) is 0 Å². The highest BCUT2D eigenvalue weighted by Gasteiger charge is 2.09. The first-order valence-corrected chi connectivity index (χ1v) is 5.86. The number of nitrogens with zero attached hydrogens (tertiary/aromatic N) is 2. The molecule has 94 valence electrons. The average molecular weight is 265 g/mol. The Kier molecular flexibility index (Phi) is 3.79. The van der Waals surface area contributed by atoms with E-state index in [1.165, 1.54) is 0 Å². The molecule has 0 atom stereocenters. The highest BCUT2D eigenvalue weighted by Crippen LogP contribution is 2.27. The maximum atomic E-state index is 9.05. The lowest BCUT2D eigenvalue weighted by atomic mass is 10.2. The summed E-state index contributed by atoms with van der Waals surface area (Å²) in [5, 5.41) is 9.28. The van der Waals surface area contributed by atoms with E-state index in [1.807, 2.05) is 13.8 Å². The number of hydrogen-bond acceptors (Lipinski definition) is 4. The fourth-order valence-electron chi connectivity index (χ4n) is 1.44. The molecule has 0 saturated heterocycles. The van der Waals surface area contributed by atoms with E-state index < -0.39 is 0 Å². The van der Waals surface area contributed by atoms with Crippen molar-refractivity contribution < 1.29 is 9.84 Å². The molecule has 0 amide bonds.